The maximum atomic E-state index is 12.5. The van der Waals surface area contributed by atoms with Crippen molar-refractivity contribution in [3.63, 3.8) is 0 Å². The van der Waals surface area contributed by atoms with E-state index in [-0.39, 0.29) is 23.5 Å². The number of anilines is 2. The molecule has 2 rings (SSSR count). The van der Waals surface area contributed by atoms with Crippen LogP contribution in [-0.4, -0.2) is 46.0 Å². The van der Waals surface area contributed by atoms with Crippen molar-refractivity contribution in [1.82, 2.24) is 4.72 Å². The predicted octanol–water partition coefficient (Wildman–Crippen LogP) is 1.69. The zero-order valence-electron chi connectivity index (χ0n) is 18.3. The third-order valence-corrected chi connectivity index (χ3v) is 5.81. The molecule has 10 nitrogen and oxygen atoms in total. The van der Waals surface area contributed by atoms with E-state index in [1.807, 2.05) is 0 Å². The summed E-state index contributed by atoms with van der Waals surface area (Å²) in [6.07, 6.45) is 0. The van der Waals surface area contributed by atoms with Crippen molar-refractivity contribution in [3.8, 4) is 11.5 Å². The van der Waals surface area contributed by atoms with Gasteiger partial charge in [0.15, 0.2) is 18.1 Å². The molecule has 0 saturated carbocycles. The number of ether oxygens (including phenoxy) is 2. The average molecular weight is 465 g/mol. The molecule has 0 bridgehead atoms. The van der Waals surface area contributed by atoms with Crippen molar-refractivity contribution >= 4 is 33.2 Å². The van der Waals surface area contributed by atoms with E-state index in [1.54, 1.807) is 39.0 Å². The minimum Gasteiger partial charge on any atom is -0.493 e. The highest BCUT2D eigenvalue weighted by Gasteiger charge is 2.17. The lowest BCUT2D eigenvalue weighted by Gasteiger charge is -2.17. The van der Waals surface area contributed by atoms with E-state index in [1.165, 1.54) is 31.4 Å². The first kappa shape index (κ1) is 25.0. The molecule has 11 heteroatoms. The number of carbonyl (C=O) groups excluding carboxylic acids is 2. The second kappa shape index (κ2) is 10.8. The van der Waals surface area contributed by atoms with E-state index < -0.39 is 22.0 Å². The molecular formula is C21H28N4O6S. The molecule has 0 spiro atoms. The van der Waals surface area contributed by atoms with Crippen LogP contribution in [0, 0.1) is 0 Å². The summed E-state index contributed by atoms with van der Waals surface area (Å²) in [7, 11) is -2.14. The van der Waals surface area contributed by atoms with E-state index in [4.69, 9.17) is 15.2 Å². The number of benzene rings is 2. The number of hydrogen-bond donors (Lipinski definition) is 4. The summed E-state index contributed by atoms with van der Waals surface area (Å²) >= 11 is 0. The van der Waals surface area contributed by atoms with Crippen molar-refractivity contribution in [2.24, 2.45) is 5.73 Å². The fraction of sp³-hybridized carbons (Fsp3) is 0.333. The van der Waals surface area contributed by atoms with E-state index >= 15 is 0 Å². The van der Waals surface area contributed by atoms with Gasteiger partial charge in [-0.2, -0.15) is 0 Å². The highest BCUT2D eigenvalue weighted by molar-refractivity contribution is 7.89. The molecule has 0 heterocycles. The van der Waals surface area contributed by atoms with Gasteiger partial charge in [0.05, 0.1) is 12.0 Å². The first-order valence-electron chi connectivity index (χ1n) is 9.80. The summed E-state index contributed by atoms with van der Waals surface area (Å²) in [6.45, 7) is 4.81. The summed E-state index contributed by atoms with van der Waals surface area (Å²) in [6, 6.07) is 9.92. The summed E-state index contributed by atoms with van der Waals surface area (Å²) in [4.78, 5) is 23.6. The Morgan fingerprint density at radius 1 is 1.00 bits per heavy atom. The smallest absolute Gasteiger partial charge is 0.255 e. The molecule has 0 aliphatic heterocycles. The lowest BCUT2D eigenvalue weighted by molar-refractivity contribution is -0.120. The number of sulfonamides is 1. The Hall–Kier alpha value is -3.31. The quantitative estimate of drug-likeness (QED) is 0.395. The maximum Gasteiger partial charge on any atom is 0.255 e. The van der Waals surface area contributed by atoms with Gasteiger partial charge in [-0.15, -0.1) is 0 Å². The normalized spacial score (nSPS) is 12.2. The van der Waals surface area contributed by atoms with Gasteiger partial charge in [0.2, 0.25) is 15.9 Å². The zero-order chi connectivity index (χ0) is 23.9. The van der Waals surface area contributed by atoms with Gasteiger partial charge in [-0.25, -0.2) is 13.1 Å². The first-order chi connectivity index (χ1) is 15.0. The maximum absolute atomic E-state index is 12.5. The molecule has 1 unspecified atom stereocenters. The molecule has 0 aliphatic rings. The monoisotopic (exact) mass is 464 g/mol. The van der Waals surface area contributed by atoms with Crippen molar-refractivity contribution < 1.29 is 27.5 Å². The van der Waals surface area contributed by atoms with Crippen LogP contribution >= 0.6 is 0 Å². The molecule has 0 saturated heterocycles. The molecule has 32 heavy (non-hydrogen) atoms. The molecule has 0 aliphatic carbocycles. The van der Waals surface area contributed by atoms with Gasteiger partial charge in [-0.3, -0.25) is 9.59 Å². The molecule has 2 aromatic rings. The number of rotatable bonds is 11. The Balaban J connectivity index is 2.04. The van der Waals surface area contributed by atoms with Crippen LogP contribution in [0.25, 0.3) is 0 Å². The van der Waals surface area contributed by atoms with E-state index in [0.717, 1.165) is 0 Å². The van der Waals surface area contributed by atoms with E-state index in [2.05, 4.69) is 15.4 Å². The molecule has 2 amide bonds. The molecule has 2 aromatic carbocycles. The second-order valence-electron chi connectivity index (χ2n) is 7.28. The summed E-state index contributed by atoms with van der Waals surface area (Å²) in [5, 5.41) is 5.75. The molecule has 174 valence electrons. The third-order valence-electron chi connectivity index (χ3n) is 4.13. The van der Waals surface area contributed by atoms with Crippen LogP contribution in [0.5, 0.6) is 11.5 Å². The Morgan fingerprint density at radius 3 is 2.19 bits per heavy atom. The number of methoxy groups -OCH3 is 1. The van der Waals surface area contributed by atoms with Crippen LogP contribution in [0.3, 0.4) is 0 Å². The molecule has 0 fully saturated rings. The van der Waals surface area contributed by atoms with Crippen molar-refractivity contribution in [2.75, 3.05) is 24.4 Å². The fourth-order valence-electron chi connectivity index (χ4n) is 2.69. The molecule has 0 aromatic heterocycles. The number of primary amides is 1. The lowest BCUT2D eigenvalue weighted by Crippen LogP contribution is -2.32. The van der Waals surface area contributed by atoms with Gasteiger partial charge in [0.1, 0.15) is 6.04 Å². The van der Waals surface area contributed by atoms with Gasteiger partial charge >= 0.3 is 0 Å². The van der Waals surface area contributed by atoms with Gasteiger partial charge in [0.25, 0.3) is 5.91 Å². The Labute approximate surface area is 187 Å². The number of amides is 2. The van der Waals surface area contributed by atoms with Gasteiger partial charge in [-0.05, 0) is 57.2 Å². The van der Waals surface area contributed by atoms with Crippen LogP contribution in [0.4, 0.5) is 11.4 Å². The van der Waals surface area contributed by atoms with E-state index in [9.17, 15) is 18.0 Å². The minimum atomic E-state index is -3.61. The molecule has 1 atom stereocenters. The second-order valence-corrected chi connectivity index (χ2v) is 8.99. The van der Waals surface area contributed by atoms with Gasteiger partial charge in [-0.1, -0.05) is 0 Å². The van der Waals surface area contributed by atoms with E-state index in [0.29, 0.717) is 22.9 Å². The molecule has 0 radical (unpaired) electrons. The summed E-state index contributed by atoms with van der Waals surface area (Å²) < 4.78 is 37.4. The third kappa shape index (κ3) is 7.13. The Kier molecular flexibility index (Phi) is 8.44. The standard InChI is InChI=1S/C21H28N4O6S/c1-13(2)25-32(28,29)17-8-5-15(6-9-17)24-21(27)14(3)23-16-7-10-18(30-4)19(11-16)31-12-20(22)26/h5-11,13-14,23,25H,12H2,1-4H3,(H2,22,26)(H,24,27). The van der Waals surface area contributed by atoms with Crippen LogP contribution in [-0.2, 0) is 19.6 Å². The topological polar surface area (TPSA) is 149 Å². The average Bonchev–Trinajstić information content (AvgIpc) is 2.71. The lowest BCUT2D eigenvalue weighted by atomic mass is 10.2. The van der Waals surface area contributed by atoms with Crippen LogP contribution in [0.1, 0.15) is 20.8 Å². The highest BCUT2D eigenvalue weighted by Crippen LogP contribution is 2.30. The molecular weight excluding hydrogens is 436 g/mol. The van der Waals surface area contributed by atoms with Crippen molar-refractivity contribution in [2.45, 2.75) is 37.8 Å². The van der Waals surface area contributed by atoms with Crippen LogP contribution in [0.2, 0.25) is 0 Å². The number of carbonyl (C=O) groups is 2. The first-order valence-corrected chi connectivity index (χ1v) is 11.3. The van der Waals surface area contributed by atoms with Gasteiger partial charge in [0, 0.05) is 23.5 Å². The van der Waals surface area contributed by atoms with Crippen molar-refractivity contribution in [3.05, 3.63) is 42.5 Å². The van der Waals surface area contributed by atoms with Crippen molar-refractivity contribution in [1.29, 1.82) is 0 Å². The largest absolute Gasteiger partial charge is 0.493 e. The SMILES string of the molecule is COc1ccc(NC(C)C(=O)Nc2ccc(S(=O)(=O)NC(C)C)cc2)cc1OCC(N)=O. The highest BCUT2D eigenvalue weighted by atomic mass is 32.2. The van der Waals surface area contributed by atoms with Gasteiger partial charge < -0.3 is 25.8 Å². The Morgan fingerprint density at radius 2 is 1.62 bits per heavy atom. The van der Waals surface area contributed by atoms with Crippen LogP contribution in [0.15, 0.2) is 47.4 Å². The number of nitrogens with one attached hydrogen (secondary N) is 3. The predicted molar refractivity (Wildman–Crippen MR) is 121 cm³/mol. The molecule has 5 N–H and O–H groups in total. The number of nitrogens with two attached hydrogens (primary N) is 1. The summed E-state index contributed by atoms with van der Waals surface area (Å²) in [5.74, 6) is -0.250. The zero-order valence-corrected chi connectivity index (χ0v) is 19.2. The fourth-order valence-corrected chi connectivity index (χ4v) is 3.94. The minimum absolute atomic E-state index is 0.108. The Bertz CT molecular complexity index is 1050. The van der Waals surface area contributed by atoms with Crippen LogP contribution < -0.4 is 30.6 Å². The summed E-state index contributed by atoms with van der Waals surface area (Å²) in [5.41, 5.74) is 6.12. The number of hydrogen-bond acceptors (Lipinski definition) is 7.